The molecule has 0 radical (unpaired) electrons. The van der Waals surface area contributed by atoms with E-state index in [9.17, 15) is 9.59 Å². The van der Waals surface area contributed by atoms with Gasteiger partial charge in [0.05, 0.1) is 11.1 Å². The minimum Gasteiger partial charge on any atom is -0.353 e. The first kappa shape index (κ1) is 12.1. The number of para-hydroxylation sites is 1. The largest absolute Gasteiger partial charge is 0.353 e. The summed E-state index contributed by atoms with van der Waals surface area (Å²) in [4.78, 5) is 28.2. The van der Waals surface area contributed by atoms with E-state index in [4.69, 9.17) is 0 Å². The van der Waals surface area contributed by atoms with E-state index in [0.29, 0.717) is 17.8 Å². The fourth-order valence-electron chi connectivity index (χ4n) is 3.09. The minimum absolute atomic E-state index is 0.194. The van der Waals surface area contributed by atoms with Crippen molar-refractivity contribution in [1.29, 1.82) is 0 Å². The number of hydrogen-bond acceptors (Lipinski definition) is 3. The van der Waals surface area contributed by atoms with Crippen LogP contribution in [0.25, 0.3) is 0 Å². The van der Waals surface area contributed by atoms with Crippen LogP contribution in [0.1, 0.15) is 26.3 Å². The first-order valence-corrected chi connectivity index (χ1v) is 7.04. The Balaban J connectivity index is 1.63. The van der Waals surface area contributed by atoms with Gasteiger partial charge >= 0.3 is 0 Å². The highest BCUT2D eigenvalue weighted by atomic mass is 16.2. The lowest BCUT2D eigenvalue weighted by molar-refractivity contribution is 0.0655. The highest BCUT2D eigenvalue weighted by molar-refractivity contribution is 6.21. The van der Waals surface area contributed by atoms with Gasteiger partial charge in [-0.05, 0) is 30.2 Å². The number of carbonyl (C=O) groups is 2. The molecule has 0 spiro atoms. The molecule has 2 amide bonds. The average molecular weight is 278 g/mol. The van der Waals surface area contributed by atoms with Crippen molar-refractivity contribution in [1.82, 2.24) is 4.90 Å². The Bertz CT molecular complexity index is 719. The van der Waals surface area contributed by atoms with Gasteiger partial charge in [0.2, 0.25) is 0 Å². The van der Waals surface area contributed by atoms with Crippen molar-refractivity contribution in [3.8, 4) is 0 Å². The van der Waals surface area contributed by atoms with Crippen LogP contribution >= 0.6 is 0 Å². The van der Waals surface area contributed by atoms with Gasteiger partial charge in [-0.25, -0.2) is 0 Å². The smallest absolute Gasteiger partial charge is 0.263 e. The molecule has 2 aliphatic rings. The van der Waals surface area contributed by atoms with Crippen LogP contribution in [0.5, 0.6) is 0 Å². The molecule has 2 aromatic rings. The Kier molecular flexibility index (Phi) is 2.57. The minimum atomic E-state index is -0.194. The molecule has 2 heterocycles. The number of hydrogen-bond donors (Lipinski definition) is 0. The number of rotatable bonds is 2. The molecule has 0 saturated heterocycles. The van der Waals surface area contributed by atoms with Gasteiger partial charge in [0.15, 0.2) is 0 Å². The molecule has 0 bridgehead atoms. The molecule has 2 aliphatic heterocycles. The van der Waals surface area contributed by atoms with Crippen molar-refractivity contribution in [3.63, 3.8) is 0 Å². The lowest BCUT2D eigenvalue weighted by atomic mass is 10.1. The molecule has 0 aromatic heterocycles. The second kappa shape index (κ2) is 4.45. The van der Waals surface area contributed by atoms with Crippen LogP contribution in [-0.4, -0.2) is 29.9 Å². The summed E-state index contributed by atoms with van der Waals surface area (Å²) in [6.45, 7) is 1.16. The van der Waals surface area contributed by atoms with Gasteiger partial charge in [-0.2, -0.15) is 0 Å². The summed E-state index contributed by atoms with van der Waals surface area (Å²) in [5.74, 6) is -0.389. The molecule has 4 heteroatoms. The maximum Gasteiger partial charge on any atom is 0.263 e. The van der Waals surface area contributed by atoms with E-state index in [1.807, 2.05) is 18.2 Å². The highest BCUT2D eigenvalue weighted by Gasteiger charge is 2.36. The van der Waals surface area contributed by atoms with E-state index in [0.717, 1.165) is 18.7 Å². The highest BCUT2D eigenvalue weighted by Crippen LogP contribution is 2.29. The van der Waals surface area contributed by atoms with E-state index in [1.54, 1.807) is 24.3 Å². The fraction of sp³-hybridized carbons (Fsp3) is 0.176. The Labute approximate surface area is 122 Å². The number of nitrogens with zero attached hydrogens (tertiary/aromatic N) is 2. The first-order chi connectivity index (χ1) is 10.3. The molecular weight excluding hydrogens is 264 g/mol. The lowest BCUT2D eigenvalue weighted by Crippen LogP contribution is -2.40. The molecule has 0 fully saturated rings. The summed E-state index contributed by atoms with van der Waals surface area (Å²) in [6.07, 6.45) is 0.958. The third kappa shape index (κ3) is 1.76. The van der Waals surface area contributed by atoms with E-state index in [-0.39, 0.29) is 11.8 Å². The Morgan fingerprint density at radius 2 is 1.48 bits per heavy atom. The molecule has 21 heavy (non-hydrogen) atoms. The third-order valence-corrected chi connectivity index (χ3v) is 4.17. The van der Waals surface area contributed by atoms with Crippen molar-refractivity contribution < 1.29 is 9.59 Å². The molecular formula is C17H14N2O2. The molecule has 4 nitrogen and oxygen atoms in total. The second-order valence-corrected chi connectivity index (χ2v) is 5.37. The number of fused-ring (bicyclic) bond motifs is 2. The normalized spacial score (nSPS) is 16.4. The molecule has 0 unspecified atom stereocenters. The van der Waals surface area contributed by atoms with Crippen LogP contribution in [-0.2, 0) is 6.42 Å². The predicted octanol–water partition coefficient (Wildman–Crippen LogP) is 2.30. The number of imide groups is 1. The van der Waals surface area contributed by atoms with Gasteiger partial charge in [0.25, 0.3) is 11.8 Å². The first-order valence-electron chi connectivity index (χ1n) is 7.04. The summed E-state index contributed by atoms with van der Waals surface area (Å²) in [5.41, 5.74) is 3.41. The molecule has 0 N–H and O–H groups in total. The van der Waals surface area contributed by atoms with E-state index in [1.165, 1.54) is 10.5 Å². The second-order valence-electron chi connectivity index (χ2n) is 5.37. The van der Waals surface area contributed by atoms with Crippen LogP contribution < -0.4 is 4.90 Å². The monoisotopic (exact) mass is 278 g/mol. The zero-order valence-electron chi connectivity index (χ0n) is 11.5. The summed E-state index contributed by atoms with van der Waals surface area (Å²) in [5, 5.41) is 0. The quantitative estimate of drug-likeness (QED) is 0.791. The maximum atomic E-state index is 12.4. The Morgan fingerprint density at radius 1 is 0.857 bits per heavy atom. The van der Waals surface area contributed by atoms with Crippen LogP contribution in [0.3, 0.4) is 0 Å². The molecule has 2 aromatic carbocycles. The number of benzene rings is 2. The fourth-order valence-corrected chi connectivity index (χ4v) is 3.09. The summed E-state index contributed by atoms with van der Waals surface area (Å²) < 4.78 is 0. The van der Waals surface area contributed by atoms with Crippen molar-refractivity contribution in [3.05, 3.63) is 65.2 Å². The van der Waals surface area contributed by atoms with Crippen molar-refractivity contribution in [2.24, 2.45) is 0 Å². The van der Waals surface area contributed by atoms with Crippen LogP contribution in [0.4, 0.5) is 5.69 Å². The number of anilines is 1. The van der Waals surface area contributed by atoms with Crippen LogP contribution in [0.2, 0.25) is 0 Å². The van der Waals surface area contributed by atoms with Crippen LogP contribution in [0, 0.1) is 0 Å². The molecule has 4 rings (SSSR count). The predicted molar refractivity (Wildman–Crippen MR) is 79.3 cm³/mol. The Morgan fingerprint density at radius 3 is 2.19 bits per heavy atom. The maximum absolute atomic E-state index is 12.4. The number of amides is 2. The standard InChI is InChI=1S/C17H14N2O2/c20-16-13-6-2-3-7-14(13)17(21)19(16)11-18-10-9-12-5-1-4-8-15(12)18/h1-8H,9-11H2. The zero-order valence-corrected chi connectivity index (χ0v) is 11.5. The van der Waals surface area contributed by atoms with Crippen molar-refractivity contribution in [2.75, 3.05) is 18.1 Å². The summed E-state index contributed by atoms with van der Waals surface area (Å²) >= 11 is 0. The average Bonchev–Trinajstić information content (AvgIpc) is 3.04. The van der Waals surface area contributed by atoms with E-state index < -0.39 is 0 Å². The van der Waals surface area contributed by atoms with Gasteiger partial charge in [-0.15, -0.1) is 0 Å². The number of carbonyl (C=O) groups excluding carboxylic acids is 2. The van der Waals surface area contributed by atoms with Gasteiger partial charge in [-0.1, -0.05) is 30.3 Å². The molecule has 104 valence electrons. The lowest BCUT2D eigenvalue weighted by Gasteiger charge is -2.24. The molecule has 0 saturated carbocycles. The van der Waals surface area contributed by atoms with E-state index >= 15 is 0 Å². The van der Waals surface area contributed by atoms with Crippen LogP contribution in [0.15, 0.2) is 48.5 Å². The SMILES string of the molecule is O=C1c2ccccc2C(=O)N1CN1CCc2ccccc21. The van der Waals surface area contributed by atoms with Crippen molar-refractivity contribution in [2.45, 2.75) is 6.42 Å². The van der Waals surface area contributed by atoms with Gasteiger partial charge in [-0.3, -0.25) is 14.5 Å². The van der Waals surface area contributed by atoms with Gasteiger partial charge in [0, 0.05) is 12.2 Å². The molecule has 0 atom stereocenters. The summed E-state index contributed by atoms with van der Waals surface area (Å²) in [6, 6.07) is 15.2. The molecule has 0 aliphatic carbocycles. The zero-order chi connectivity index (χ0) is 14.4. The van der Waals surface area contributed by atoms with Gasteiger partial charge in [0.1, 0.15) is 6.67 Å². The van der Waals surface area contributed by atoms with Crippen molar-refractivity contribution >= 4 is 17.5 Å². The summed E-state index contributed by atoms with van der Waals surface area (Å²) in [7, 11) is 0. The van der Waals surface area contributed by atoms with Gasteiger partial charge < -0.3 is 4.90 Å². The van der Waals surface area contributed by atoms with E-state index in [2.05, 4.69) is 11.0 Å². The topological polar surface area (TPSA) is 40.6 Å². The Hall–Kier alpha value is -2.62. The third-order valence-electron chi connectivity index (χ3n) is 4.17.